The van der Waals surface area contributed by atoms with E-state index < -0.39 is 0 Å². The van der Waals surface area contributed by atoms with Crippen LogP contribution in [-0.2, 0) is 9.59 Å². The number of fused-ring (bicyclic) bond motifs is 5. The van der Waals surface area contributed by atoms with Gasteiger partial charge in [-0.25, -0.2) is 0 Å². The van der Waals surface area contributed by atoms with Crippen molar-refractivity contribution in [2.24, 2.45) is 28.8 Å². The van der Waals surface area contributed by atoms with Crippen molar-refractivity contribution >= 4 is 18.0 Å². The van der Waals surface area contributed by atoms with Crippen molar-refractivity contribution < 1.29 is 14.0 Å². The Labute approximate surface area is 155 Å². The quantitative estimate of drug-likeness (QED) is 0.480. The number of benzene rings is 1. The van der Waals surface area contributed by atoms with Crippen molar-refractivity contribution in [3.8, 4) is 17.4 Å². The van der Waals surface area contributed by atoms with E-state index in [1.54, 1.807) is 30.3 Å². The van der Waals surface area contributed by atoms with Gasteiger partial charge in [-0.3, -0.25) is 9.59 Å². The molecule has 0 spiro atoms. The summed E-state index contributed by atoms with van der Waals surface area (Å²) in [7, 11) is 0. The van der Waals surface area contributed by atoms with E-state index in [4.69, 9.17) is 4.42 Å². The average molecular weight is 357 g/mol. The normalized spacial score (nSPS) is 28.3. The molecule has 0 radical (unpaired) electrons. The first-order valence-electron chi connectivity index (χ1n) is 8.87. The Morgan fingerprint density at radius 1 is 1.07 bits per heavy atom. The number of hydrazone groups is 1. The van der Waals surface area contributed by atoms with Gasteiger partial charge in [-0.2, -0.15) is 15.4 Å². The third kappa shape index (κ3) is 2.28. The number of nitriles is 1. The van der Waals surface area contributed by atoms with E-state index in [0.29, 0.717) is 22.6 Å². The summed E-state index contributed by atoms with van der Waals surface area (Å²) in [5.74, 6) is 0.296. The fourth-order valence-corrected chi connectivity index (χ4v) is 4.48. The second-order valence-electron chi connectivity index (χ2n) is 7.09. The van der Waals surface area contributed by atoms with E-state index in [-0.39, 0.29) is 35.5 Å². The van der Waals surface area contributed by atoms with Crippen molar-refractivity contribution in [2.75, 3.05) is 0 Å². The van der Waals surface area contributed by atoms with Crippen molar-refractivity contribution in [2.45, 2.75) is 6.42 Å². The van der Waals surface area contributed by atoms with E-state index in [9.17, 15) is 14.9 Å². The minimum atomic E-state index is -0.265. The Hall–Kier alpha value is -3.46. The number of amides is 2. The van der Waals surface area contributed by atoms with Gasteiger partial charge in [0.05, 0.1) is 29.7 Å². The summed E-state index contributed by atoms with van der Waals surface area (Å²) >= 11 is 0. The lowest BCUT2D eigenvalue weighted by molar-refractivity contribution is -0.140. The summed E-state index contributed by atoms with van der Waals surface area (Å²) in [5.41, 5.74) is 1.20. The molecule has 6 heteroatoms. The molecule has 2 amide bonds. The van der Waals surface area contributed by atoms with Gasteiger partial charge in [-0.15, -0.1) is 0 Å². The van der Waals surface area contributed by atoms with Crippen LogP contribution in [0, 0.1) is 35.0 Å². The van der Waals surface area contributed by atoms with Crippen LogP contribution in [-0.4, -0.2) is 23.0 Å². The Kier molecular flexibility index (Phi) is 3.37. The largest absolute Gasteiger partial charge is 0.455 e. The molecule has 0 N–H and O–H groups in total. The van der Waals surface area contributed by atoms with Crippen molar-refractivity contribution in [1.82, 2.24) is 5.01 Å². The lowest BCUT2D eigenvalue weighted by Gasteiger charge is -2.13. The number of carbonyl (C=O) groups is 2. The van der Waals surface area contributed by atoms with E-state index in [1.165, 1.54) is 6.21 Å². The fraction of sp³-hybridized carbons (Fsp3) is 0.238. The van der Waals surface area contributed by atoms with Crippen molar-refractivity contribution in [3.05, 3.63) is 59.9 Å². The molecule has 2 fully saturated rings. The standard InChI is InChI=1S/C21H15N3O3/c22-10-14-3-1-2-4-16(14)17-8-7-15(27-17)11-23-24-20(25)18-12-5-6-13(9-12)19(18)21(24)26/h1-8,11-13,18-19H,9H2/t12-,13-,18-,19+/m0/s1. The number of imide groups is 1. The van der Waals surface area contributed by atoms with E-state index in [1.807, 2.05) is 6.07 Å². The summed E-state index contributed by atoms with van der Waals surface area (Å²) in [4.78, 5) is 25.2. The van der Waals surface area contributed by atoms with E-state index in [0.717, 1.165) is 11.4 Å². The number of hydrogen-bond donors (Lipinski definition) is 0. The first-order valence-corrected chi connectivity index (χ1v) is 8.87. The molecule has 1 aromatic carbocycles. The summed E-state index contributed by atoms with van der Waals surface area (Å²) < 4.78 is 5.73. The fourth-order valence-electron chi connectivity index (χ4n) is 4.48. The van der Waals surface area contributed by atoms with Gasteiger partial charge in [0, 0.05) is 5.56 Å². The van der Waals surface area contributed by atoms with Gasteiger partial charge >= 0.3 is 0 Å². The van der Waals surface area contributed by atoms with Gasteiger partial charge in [-0.1, -0.05) is 24.3 Å². The lowest BCUT2D eigenvalue weighted by atomic mass is 9.85. The molecule has 2 heterocycles. The average Bonchev–Trinajstić information content (AvgIpc) is 3.45. The molecule has 132 valence electrons. The SMILES string of the molecule is N#Cc1ccccc1-c1ccc(C=NN2C(=O)[C@@H]3[C@H](C2=O)[C@H]2C=C[C@H]3C2)o1. The molecule has 4 atom stereocenters. The van der Waals surface area contributed by atoms with Crippen LogP contribution in [0.5, 0.6) is 0 Å². The highest BCUT2D eigenvalue weighted by atomic mass is 16.3. The van der Waals surface area contributed by atoms with Gasteiger partial charge in [0.15, 0.2) is 0 Å². The summed E-state index contributed by atoms with van der Waals surface area (Å²) in [6.45, 7) is 0. The van der Waals surface area contributed by atoms with Crippen LogP contribution in [0.15, 0.2) is 58.1 Å². The van der Waals surface area contributed by atoms with Crippen molar-refractivity contribution in [1.29, 1.82) is 5.26 Å². The molecular weight excluding hydrogens is 342 g/mol. The minimum Gasteiger partial charge on any atom is -0.455 e. The van der Waals surface area contributed by atoms with Gasteiger partial charge in [0.2, 0.25) is 0 Å². The zero-order chi connectivity index (χ0) is 18.5. The molecule has 27 heavy (non-hydrogen) atoms. The van der Waals surface area contributed by atoms with Crippen LogP contribution in [0.25, 0.3) is 11.3 Å². The summed E-state index contributed by atoms with van der Waals surface area (Å²) in [6, 6.07) is 12.7. The van der Waals surface area contributed by atoms with Crippen LogP contribution >= 0.6 is 0 Å². The highest BCUT2D eigenvalue weighted by Crippen LogP contribution is 2.52. The maximum atomic E-state index is 12.6. The number of hydrogen-bond acceptors (Lipinski definition) is 5. The molecule has 1 saturated carbocycles. The van der Waals surface area contributed by atoms with E-state index in [2.05, 4.69) is 23.3 Å². The molecule has 6 nitrogen and oxygen atoms in total. The Morgan fingerprint density at radius 3 is 2.48 bits per heavy atom. The molecular formula is C21H15N3O3. The third-order valence-corrected chi connectivity index (χ3v) is 5.69. The molecule has 5 rings (SSSR count). The second kappa shape index (κ2) is 5.78. The number of rotatable bonds is 3. The number of allylic oxidation sites excluding steroid dienone is 2. The summed E-state index contributed by atoms with van der Waals surface area (Å²) in [5, 5.41) is 14.3. The molecule has 2 bridgehead atoms. The highest BCUT2D eigenvalue weighted by molar-refractivity contribution is 6.06. The smallest absolute Gasteiger partial charge is 0.254 e. The molecule has 1 aliphatic heterocycles. The molecule has 2 aliphatic carbocycles. The molecule has 3 aliphatic rings. The van der Waals surface area contributed by atoms with Crippen LogP contribution in [0.4, 0.5) is 0 Å². The monoisotopic (exact) mass is 357 g/mol. The minimum absolute atomic E-state index is 0.161. The third-order valence-electron chi connectivity index (χ3n) is 5.69. The molecule has 1 aromatic heterocycles. The predicted octanol–water partition coefficient (Wildman–Crippen LogP) is 2.96. The zero-order valence-corrected chi connectivity index (χ0v) is 14.3. The first-order chi connectivity index (χ1) is 13.2. The van der Waals surface area contributed by atoms with Crippen molar-refractivity contribution in [3.63, 3.8) is 0 Å². The molecule has 0 unspecified atom stereocenters. The van der Waals surface area contributed by atoms with Crippen LogP contribution in [0.2, 0.25) is 0 Å². The topological polar surface area (TPSA) is 86.7 Å². The number of carbonyl (C=O) groups excluding carboxylic acids is 2. The van der Waals surface area contributed by atoms with E-state index >= 15 is 0 Å². The van der Waals surface area contributed by atoms with Crippen LogP contribution < -0.4 is 0 Å². The number of nitrogens with zero attached hydrogens (tertiary/aromatic N) is 3. The Morgan fingerprint density at radius 2 is 1.78 bits per heavy atom. The Balaban J connectivity index is 1.38. The van der Waals surface area contributed by atoms with Gasteiger partial charge in [0.25, 0.3) is 11.8 Å². The Bertz CT molecular complexity index is 1030. The molecule has 2 aromatic rings. The van der Waals surface area contributed by atoms with Crippen LogP contribution in [0.3, 0.4) is 0 Å². The zero-order valence-electron chi connectivity index (χ0n) is 14.3. The molecule has 1 saturated heterocycles. The second-order valence-corrected chi connectivity index (χ2v) is 7.09. The lowest BCUT2D eigenvalue weighted by Crippen LogP contribution is -2.28. The predicted molar refractivity (Wildman–Crippen MR) is 96.0 cm³/mol. The van der Waals surface area contributed by atoms with Gasteiger partial charge < -0.3 is 4.42 Å². The summed E-state index contributed by atoms with van der Waals surface area (Å²) in [6.07, 6.45) is 6.38. The van der Waals surface area contributed by atoms with Gasteiger partial charge in [-0.05, 0) is 42.5 Å². The van der Waals surface area contributed by atoms with Crippen LogP contribution in [0.1, 0.15) is 17.7 Å². The highest BCUT2D eigenvalue weighted by Gasteiger charge is 2.59. The first kappa shape index (κ1) is 15.8. The maximum absolute atomic E-state index is 12.6. The number of furan rings is 1. The maximum Gasteiger partial charge on any atom is 0.254 e. The van der Waals surface area contributed by atoms with Gasteiger partial charge in [0.1, 0.15) is 11.5 Å².